The molecule has 0 saturated carbocycles. The van der Waals surface area contributed by atoms with Gasteiger partial charge in [-0.25, -0.2) is 0 Å². The summed E-state index contributed by atoms with van der Waals surface area (Å²) in [5.74, 6) is 1.10. The van der Waals surface area contributed by atoms with Crippen molar-refractivity contribution in [3.63, 3.8) is 0 Å². The van der Waals surface area contributed by atoms with Crippen LogP contribution in [0.2, 0.25) is 0 Å². The average Bonchev–Trinajstić information content (AvgIpc) is 2.29. The fourth-order valence-corrected chi connectivity index (χ4v) is 2.38. The highest BCUT2D eigenvalue weighted by atomic mass is 16.1. The Morgan fingerprint density at radius 3 is 2.41 bits per heavy atom. The summed E-state index contributed by atoms with van der Waals surface area (Å²) in [5.41, 5.74) is -0.279. The molecule has 1 aliphatic rings. The highest BCUT2D eigenvalue weighted by Crippen LogP contribution is 2.20. The molecule has 1 rings (SSSR count). The number of hydrogen-bond donors (Lipinski definition) is 1. The van der Waals surface area contributed by atoms with Crippen LogP contribution >= 0.6 is 0 Å². The first kappa shape index (κ1) is 14.7. The zero-order chi connectivity index (χ0) is 12.9. The zero-order valence-electron chi connectivity index (χ0n) is 11.9. The average molecular weight is 240 g/mol. The van der Waals surface area contributed by atoms with Crippen LogP contribution in [0, 0.1) is 5.92 Å². The summed E-state index contributed by atoms with van der Waals surface area (Å²) in [6.45, 7) is 12.6. The summed E-state index contributed by atoms with van der Waals surface area (Å²) in [6, 6.07) is 0. The lowest BCUT2D eigenvalue weighted by molar-refractivity contribution is -0.130. The molecule has 3 heteroatoms. The predicted molar refractivity (Wildman–Crippen MR) is 72.2 cm³/mol. The summed E-state index contributed by atoms with van der Waals surface area (Å²) in [7, 11) is 0. The van der Waals surface area contributed by atoms with Crippen molar-refractivity contribution in [3.8, 4) is 0 Å². The summed E-state index contributed by atoms with van der Waals surface area (Å²) in [5, 5.41) is 3.33. The van der Waals surface area contributed by atoms with Gasteiger partial charge in [-0.1, -0.05) is 20.3 Å². The van der Waals surface area contributed by atoms with E-state index in [4.69, 9.17) is 0 Å². The first-order valence-electron chi connectivity index (χ1n) is 6.93. The highest BCUT2D eigenvalue weighted by molar-refractivity contribution is 5.87. The molecule has 0 unspecified atom stereocenters. The number of nitrogens with one attached hydrogen (secondary N) is 1. The Morgan fingerprint density at radius 1 is 1.29 bits per heavy atom. The van der Waals surface area contributed by atoms with Gasteiger partial charge >= 0.3 is 0 Å². The molecule has 0 aromatic heterocycles. The SMILES string of the molecule is CC(C)CCCC(=O)C(C)(C)N1CCNCC1. The van der Waals surface area contributed by atoms with Gasteiger partial charge in [-0.3, -0.25) is 9.69 Å². The maximum Gasteiger partial charge on any atom is 0.152 e. The molecule has 1 N–H and O–H groups in total. The summed E-state index contributed by atoms with van der Waals surface area (Å²) in [6.07, 6.45) is 2.92. The predicted octanol–water partition coefficient (Wildman–Crippen LogP) is 2.07. The molecular weight excluding hydrogens is 212 g/mol. The maximum absolute atomic E-state index is 12.3. The van der Waals surface area contributed by atoms with Crippen LogP contribution in [-0.4, -0.2) is 42.4 Å². The van der Waals surface area contributed by atoms with E-state index in [-0.39, 0.29) is 5.54 Å². The molecule has 1 fully saturated rings. The molecule has 3 nitrogen and oxygen atoms in total. The summed E-state index contributed by atoms with van der Waals surface area (Å²) >= 11 is 0. The number of rotatable bonds is 6. The quantitative estimate of drug-likeness (QED) is 0.771. The fraction of sp³-hybridized carbons (Fsp3) is 0.929. The van der Waals surface area contributed by atoms with Gasteiger partial charge in [0.2, 0.25) is 0 Å². The van der Waals surface area contributed by atoms with Gasteiger partial charge in [0.05, 0.1) is 5.54 Å². The molecule has 1 aliphatic heterocycles. The van der Waals surface area contributed by atoms with Crippen LogP contribution in [0.1, 0.15) is 47.0 Å². The lowest BCUT2D eigenvalue weighted by Crippen LogP contribution is -2.57. The second kappa shape index (κ2) is 6.50. The molecule has 0 atom stereocenters. The van der Waals surface area contributed by atoms with Gasteiger partial charge in [-0.15, -0.1) is 0 Å². The number of nitrogens with zero attached hydrogens (tertiary/aromatic N) is 1. The topological polar surface area (TPSA) is 32.3 Å². The van der Waals surface area contributed by atoms with Crippen LogP contribution in [0.5, 0.6) is 0 Å². The Balaban J connectivity index is 2.41. The van der Waals surface area contributed by atoms with E-state index < -0.39 is 0 Å². The molecule has 0 bridgehead atoms. The Morgan fingerprint density at radius 2 is 1.88 bits per heavy atom. The van der Waals surface area contributed by atoms with Gasteiger partial charge in [-0.05, 0) is 26.2 Å². The summed E-state index contributed by atoms with van der Waals surface area (Å²) < 4.78 is 0. The van der Waals surface area contributed by atoms with Crippen molar-refractivity contribution < 1.29 is 4.79 Å². The van der Waals surface area contributed by atoms with E-state index in [9.17, 15) is 4.79 Å². The lowest BCUT2D eigenvalue weighted by Gasteiger charge is -2.40. The van der Waals surface area contributed by atoms with E-state index in [1.807, 2.05) is 0 Å². The molecule has 0 aliphatic carbocycles. The van der Waals surface area contributed by atoms with Crippen molar-refractivity contribution in [3.05, 3.63) is 0 Å². The van der Waals surface area contributed by atoms with Crippen molar-refractivity contribution in [2.24, 2.45) is 5.92 Å². The van der Waals surface area contributed by atoms with Crippen molar-refractivity contribution >= 4 is 5.78 Å². The summed E-state index contributed by atoms with van der Waals surface area (Å²) in [4.78, 5) is 14.6. The highest BCUT2D eigenvalue weighted by Gasteiger charge is 2.34. The van der Waals surface area contributed by atoms with Crippen LogP contribution < -0.4 is 5.32 Å². The lowest BCUT2D eigenvalue weighted by atomic mass is 9.91. The Bertz CT molecular complexity index is 243. The molecule has 1 saturated heterocycles. The molecule has 0 radical (unpaired) electrons. The van der Waals surface area contributed by atoms with E-state index in [1.165, 1.54) is 0 Å². The Hall–Kier alpha value is -0.410. The zero-order valence-corrected chi connectivity index (χ0v) is 11.9. The number of carbonyl (C=O) groups is 1. The minimum absolute atomic E-state index is 0.279. The van der Waals surface area contributed by atoms with E-state index in [0.29, 0.717) is 11.7 Å². The molecule has 1 heterocycles. The number of piperazine rings is 1. The molecule has 0 amide bonds. The normalized spacial score (nSPS) is 18.6. The monoisotopic (exact) mass is 240 g/mol. The molecule has 0 aromatic rings. The fourth-order valence-electron chi connectivity index (χ4n) is 2.38. The van der Waals surface area contributed by atoms with Crippen LogP contribution in [0.3, 0.4) is 0 Å². The third kappa shape index (κ3) is 4.40. The minimum Gasteiger partial charge on any atom is -0.314 e. The number of carbonyl (C=O) groups excluding carboxylic acids is 1. The standard InChI is InChI=1S/C14H28N2O/c1-12(2)6-5-7-13(17)14(3,4)16-10-8-15-9-11-16/h12,15H,5-11H2,1-4H3. The molecule has 100 valence electrons. The minimum atomic E-state index is -0.279. The first-order chi connectivity index (χ1) is 7.94. The van der Waals surface area contributed by atoms with Crippen LogP contribution in [-0.2, 0) is 4.79 Å². The van der Waals surface area contributed by atoms with E-state index >= 15 is 0 Å². The van der Waals surface area contributed by atoms with Gasteiger partial charge in [0.15, 0.2) is 5.78 Å². The largest absolute Gasteiger partial charge is 0.314 e. The number of Topliss-reactive ketones (excluding diaryl/α,β-unsaturated/α-hetero) is 1. The van der Waals surface area contributed by atoms with Gasteiger partial charge in [0.25, 0.3) is 0 Å². The second-order valence-corrected chi connectivity index (χ2v) is 6.01. The van der Waals surface area contributed by atoms with Crippen molar-refractivity contribution in [1.29, 1.82) is 0 Å². The molecule has 0 spiro atoms. The third-order valence-corrected chi connectivity index (χ3v) is 3.78. The van der Waals surface area contributed by atoms with Crippen molar-refractivity contribution in [2.75, 3.05) is 26.2 Å². The molecule has 17 heavy (non-hydrogen) atoms. The van der Waals surface area contributed by atoms with Gasteiger partial charge in [0.1, 0.15) is 0 Å². The van der Waals surface area contributed by atoms with Gasteiger partial charge in [0, 0.05) is 32.6 Å². The van der Waals surface area contributed by atoms with Crippen LogP contribution in [0.25, 0.3) is 0 Å². The third-order valence-electron chi connectivity index (χ3n) is 3.78. The smallest absolute Gasteiger partial charge is 0.152 e. The second-order valence-electron chi connectivity index (χ2n) is 6.01. The van der Waals surface area contributed by atoms with Gasteiger partial charge in [-0.2, -0.15) is 0 Å². The van der Waals surface area contributed by atoms with Gasteiger partial charge < -0.3 is 5.32 Å². The molecular formula is C14H28N2O. The van der Waals surface area contributed by atoms with Crippen LogP contribution in [0.15, 0.2) is 0 Å². The number of ketones is 1. The van der Waals surface area contributed by atoms with Crippen LogP contribution in [0.4, 0.5) is 0 Å². The Kier molecular flexibility index (Phi) is 5.60. The van der Waals surface area contributed by atoms with E-state index in [1.54, 1.807) is 0 Å². The van der Waals surface area contributed by atoms with E-state index in [0.717, 1.165) is 45.4 Å². The number of hydrogen-bond acceptors (Lipinski definition) is 3. The van der Waals surface area contributed by atoms with Crippen molar-refractivity contribution in [2.45, 2.75) is 52.5 Å². The van der Waals surface area contributed by atoms with Crippen molar-refractivity contribution in [1.82, 2.24) is 10.2 Å². The molecule has 0 aromatic carbocycles. The van der Waals surface area contributed by atoms with E-state index in [2.05, 4.69) is 37.9 Å². The Labute approximate surface area is 106 Å². The maximum atomic E-state index is 12.3. The first-order valence-corrected chi connectivity index (χ1v) is 6.93.